The molecule has 9 heteroatoms. The highest BCUT2D eigenvalue weighted by atomic mass is 35.5. The molecule has 3 rings (SSSR count). The fraction of sp³-hybridized carbons (Fsp3) is 0.182. The van der Waals surface area contributed by atoms with E-state index in [0.29, 0.717) is 12.1 Å². The summed E-state index contributed by atoms with van der Waals surface area (Å²) in [4.78, 5) is 24.8. The summed E-state index contributed by atoms with van der Waals surface area (Å²) < 4.78 is 30.1. The minimum Gasteiger partial charge on any atom is -0.454 e. The largest absolute Gasteiger partial charge is 0.454 e. The number of aromatic nitrogens is 1. The SMILES string of the molecule is Cc1cc(C(=O)COC(=O)c2cc(S(N)(=O)=O)ccc2Cl)c(C)n1Cc1ccccc1. The Morgan fingerprint density at radius 3 is 2.35 bits per heavy atom. The minimum atomic E-state index is -4.02. The lowest BCUT2D eigenvalue weighted by molar-refractivity contribution is 0.0474. The van der Waals surface area contributed by atoms with Crippen LogP contribution in [-0.2, 0) is 21.3 Å². The van der Waals surface area contributed by atoms with Gasteiger partial charge in [0.05, 0.1) is 15.5 Å². The first kappa shape index (κ1) is 22.7. The van der Waals surface area contributed by atoms with Crippen molar-refractivity contribution in [3.05, 3.63) is 87.7 Å². The van der Waals surface area contributed by atoms with E-state index in [1.54, 1.807) is 6.07 Å². The second-order valence-electron chi connectivity index (χ2n) is 7.04. The van der Waals surface area contributed by atoms with Gasteiger partial charge >= 0.3 is 5.97 Å². The van der Waals surface area contributed by atoms with Crippen LogP contribution >= 0.6 is 11.6 Å². The number of ether oxygens (including phenoxy) is 1. The van der Waals surface area contributed by atoms with Gasteiger partial charge in [-0.1, -0.05) is 41.9 Å². The first-order valence-electron chi connectivity index (χ1n) is 9.31. The van der Waals surface area contributed by atoms with Crippen molar-refractivity contribution in [2.24, 2.45) is 5.14 Å². The molecule has 0 fully saturated rings. The van der Waals surface area contributed by atoms with Gasteiger partial charge in [-0.05, 0) is 43.7 Å². The van der Waals surface area contributed by atoms with Gasteiger partial charge in [0.15, 0.2) is 6.61 Å². The van der Waals surface area contributed by atoms with Gasteiger partial charge < -0.3 is 9.30 Å². The molecule has 3 aromatic rings. The maximum atomic E-state index is 12.7. The number of nitrogens with zero attached hydrogens (tertiary/aromatic N) is 1. The predicted molar refractivity (Wildman–Crippen MR) is 117 cm³/mol. The second kappa shape index (κ2) is 9.05. The van der Waals surface area contributed by atoms with Crippen LogP contribution in [-0.4, -0.2) is 31.3 Å². The van der Waals surface area contributed by atoms with Crippen molar-refractivity contribution in [2.75, 3.05) is 6.61 Å². The molecule has 0 radical (unpaired) electrons. The Morgan fingerprint density at radius 1 is 1.03 bits per heavy atom. The van der Waals surface area contributed by atoms with E-state index in [9.17, 15) is 18.0 Å². The number of esters is 1. The fourth-order valence-electron chi connectivity index (χ4n) is 3.22. The quantitative estimate of drug-likeness (QED) is 0.428. The van der Waals surface area contributed by atoms with Gasteiger partial charge in [-0.3, -0.25) is 4.79 Å². The molecule has 0 saturated carbocycles. The summed E-state index contributed by atoms with van der Waals surface area (Å²) in [5, 5.41) is 5.07. The number of aryl methyl sites for hydroxylation is 1. The lowest BCUT2D eigenvalue weighted by atomic mass is 10.1. The molecule has 0 unspecified atom stereocenters. The van der Waals surface area contributed by atoms with Gasteiger partial charge in [-0.15, -0.1) is 0 Å². The van der Waals surface area contributed by atoms with E-state index in [-0.39, 0.29) is 21.3 Å². The number of rotatable bonds is 7. The van der Waals surface area contributed by atoms with Crippen molar-refractivity contribution in [1.82, 2.24) is 4.57 Å². The number of hydrogen-bond donors (Lipinski definition) is 1. The van der Waals surface area contributed by atoms with Crippen LogP contribution in [0.15, 0.2) is 59.5 Å². The van der Waals surface area contributed by atoms with Crippen molar-refractivity contribution in [1.29, 1.82) is 0 Å². The van der Waals surface area contributed by atoms with E-state index < -0.39 is 22.6 Å². The predicted octanol–water partition coefficient (Wildman–Crippen LogP) is 3.49. The summed E-state index contributed by atoms with van der Waals surface area (Å²) in [5.74, 6) is -1.29. The topological polar surface area (TPSA) is 108 Å². The van der Waals surface area contributed by atoms with Crippen molar-refractivity contribution in [3.63, 3.8) is 0 Å². The summed E-state index contributed by atoms with van der Waals surface area (Å²) in [6, 6.07) is 15.0. The van der Waals surface area contributed by atoms with E-state index in [0.717, 1.165) is 23.0 Å². The molecule has 162 valence electrons. The summed E-state index contributed by atoms with van der Waals surface area (Å²) >= 11 is 5.98. The molecule has 0 atom stereocenters. The van der Waals surface area contributed by atoms with Crippen molar-refractivity contribution < 1.29 is 22.7 Å². The summed E-state index contributed by atoms with van der Waals surface area (Å²) in [6.07, 6.45) is 0. The minimum absolute atomic E-state index is 0.00844. The smallest absolute Gasteiger partial charge is 0.340 e. The third-order valence-electron chi connectivity index (χ3n) is 4.88. The fourth-order valence-corrected chi connectivity index (χ4v) is 3.95. The average molecular weight is 461 g/mol. The Morgan fingerprint density at radius 2 is 1.71 bits per heavy atom. The average Bonchev–Trinajstić information content (AvgIpc) is 3.00. The number of benzene rings is 2. The molecule has 0 amide bonds. The van der Waals surface area contributed by atoms with E-state index in [1.165, 1.54) is 12.1 Å². The van der Waals surface area contributed by atoms with Crippen LogP contribution < -0.4 is 5.14 Å². The lowest BCUT2D eigenvalue weighted by Gasteiger charge is -2.10. The summed E-state index contributed by atoms with van der Waals surface area (Å²) in [6.45, 7) is 3.83. The highest BCUT2D eigenvalue weighted by Crippen LogP contribution is 2.22. The number of carbonyl (C=O) groups is 2. The number of carbonyl (C=O) groups excluding carboxylic acids is 2. The zero-order chi connectivity index (χ0) is 22.8. The number of nitrogens with two attached hydrogens (primary N) is 1. The zero-order valence-corrected chi connectivity index (χ0v) is 18.5. The molecule has 0 aliphatic heterocycles. The van der Waals surface area contributed by atoms with Gasteiger partial charge in [-0.2, -0.15) is 0 Å². The number of hydrogen-bond acceptors (Lipinski definition) is 5. The van der Waals surface area contributed by atoms with Gasteiger partial charge in [0.25, 0.3) is 0 Å². The molecule has 0 bridgehead atoms. The molecular weight excluding hydrogens is 440 g/mol. The maximum Gasteiger partial charge on any atom is 0.340 e. The van der Waals surface area contributed by atoms with Crippen molar-refractivity contribution >= 4 is 33.4 Å². The highest BCUT2D eigenvalue weighted by Gasteiger charge is 2.20. The number of Topliss-reactive ketones (excluding diaryl/α,β-unsaturated/α-hetero) is 1. The van der Waals surface area contributed by atoms with E-state index in [4.69, 9.17) is 21.5 Å². The molecule has 1 aromatic heterocycles. The standard InChI is InChI=1S/C22H21ClN2O5S/c1-14-10-18(15(2)25(14)12-16-6-4-3-5-7-16)21(26)13-30-22(27)19-11-17(31(24,28)29)8-9-20(19)23/h3-11H,12-13H2,1-2H3,(H2,24,28,29). The molecule has 2 N–H and O–H groups in total. The summed E-state index contributed by atoms with van der Waals surface area (Å²) in [5.41, 5.74) is 3.02. The van der Waals surface area contributed by atoms with Crippen LogP contribution in [0.3, 0.4) is 0 Å². The van der Waals surface area contributed by atoms with Gasteiger partial charge in [0, 0.05) is 23.5 Å². The number of ketones is 1. The Kier molecular flexibility index (Phi) is 6.64. The third-order valence-corrected chi connectivity index (χ3v) is 6.12. The van der Waals surface area contributed by atoms with Crippen LogP contribution in [0.25, 0.3) is 0 Å². The van der Waals surface area contributed by atoms with Crippen molar-refractivity contribution in [3.8, 4) is 0 Å². The first-order chi connectivity index (χ1) is 14.6. The highest BCUT2D eigenvalue weighted by molar-refractivity contribution is 7.89. The Bertz CT molecular complexity index is 1250. The van der Waals surface area contributed by atoms with Crippen LogP contribution in [0, 0.1) is 13.8 Å². The number of halogens is 1. The van der Waals surface area contributed by atoms with Crippen molar-refractivity contribution in [2.45, 2.75) is 25.3 Å². The van der Waals surface area contributed by atoms with E-state index in [2.05, 4.69) is 0 Å². The van der Waals surface area contributed by atoms with Crippen LogP contribution in [0.5, 0.6) is 0 Å². The Balaban J connectivity index is 1.74. The molecule has 1 heterocycles. The maximum absolute atomic E-state index is 12.7. The molecule has 2 aromatic carbocycles. The number of primary sulfonamides is 1. The monoisotopic (exact) mass is 460 g/mol. The number of sulfonamides is 1. The Hall–Kier alpha value is -2.94. The third kappa shape index (κ3) is 5.22. The normalized spacial score (nSPS) is 11.4. The molecular formula is C22H21ClN2O5S. The van der Waals surface area contributed by atoms with Crippen LogP contribution in [0.1, 0.15) is 37.7 Å². The molecule has 0 spiro atoms. The summed E-state index contributed by atoms with van der Waals surface area (Å²) in [7, 11) is -4.02. The molecule has 0 aliphatic carbocycles. The molecule has 7 nitrogen and oxygen atoms in total. The lowest BCUT2D eigenvalue weighted by Crippen LogP contribution is -2.17. The second-order valence-corrected chi connectivity index (χ2v) is 9.01. The first-order valence-corrected chi connectivity index (χ1v) is 11.2. The Labute approximate surface area is 185 Å². The molecule has 0 saturated heterocycles. The molecule has 0 aliphatic rings. The molecule has 31 heavy (non-hydrogen) atoms. The van der Waals surface area contributed by atoms with Gasteiger partial charge in [-0.25, -0.2) is 18.4 Å². The zero-order valence-electron chi connectivity index (χ0n) is 17.0. The van der Waals surface area contributed by atoms with Crippen LogP contribution in [0.2, 0.25) is 5.02 Å². The van der Waals surface area contributed by atoms with E-state index in [1.807, 2.05) is 48.7 Å². The van der Waals surface area contributed by atoms with Gasteiger partial charge in [0.1, 0.15) is 0 Å². The van der Waals surface area contributed by atoms with Gasteiger partial charge in [0.2, 0.25) is 15.8 Å². The van der Waals surface area contributed by atoms with E-state index >= 15 is 0 Å². The van der Waals surface area contributed by atoms with Crippen LogP contribution in [0.4, 0.5) is 0 Å².